The van der Waals surface area contributed by atoms with E-state index in [2.05, 4.69) is 29.2 Å². The Morgan fingerprint density at radius 1 is 1.25 bits per heavy atom. The Bertz CT molecular complexity index is 566. The highest BCUT2D eigenvalue weighted by molar-refractivity contribution is 6.20. The molecule has 1 aromatic carbocycles. The molecule has 2 atom stereocenters. The van der Waals surface area contributed by atoms with Crippen molar-refractivity contribution in [3.8, 4) is 0 Å². The second-order valence-electron chi connectivity index (χ2n) is 5.51. The number of rotatable bonds is 5. The molecule has 1 aliphatic heterocycles. The normalized spacial score (nSPS) is 20.4. The van der Waals surface area contributed by atoms with Gasteiger partial charge in [-0.3, -0.25) is 4.98 Å². The molecule has 3 heteroatoms. The van der Waals surface area contributed by atoms with E-state index in [0.29, 0.717) is 6.10 Å². The number of hydrogen-bond donors (Lipinski definition) is 0. The van der Waals surface area contributed by atoms with Crippen LogP contribution in [0.4, 0.5) is 0 Å². The number of nitrogens with zero attached hydrogens (tertiary/aromatic N) is 1. The number of hydrogen-bond acceptors (Lipinski definition) is 2. The van der Waals surface area contributed by atoms with Crippen molar-refractivity contribution < 1.29 is 4.74 Å². The third-order valence-corrected chi connectivity index (χ3v) is 4.29. The van der Waals surface area contributed by atoms with Crippen molar-refractivity contribution in [2.45, 2.75) is 43.6 Å². The first kappa shape index (κ1) is 13.8. The maximum Gasteiger partial charge on any atom is 0.0705 e. The summed E-state index contributed by atoms with van der Waals surface area (Å²) < 4.78 is 5.64. The SMILES string of the molecule is ClC(CCC1CCCO1)Cc1ccc2ccccc2n1. The molecule has 0 spiro atoms. The molecule has 1 aliphatic rings. The number of fused-ring (bicyclic) bond motifs is 1. The molecule has 2 nitrogen and oxygen atoms in total. The van der Waals surface area contributed by atoms with Crippen LogP contribution in [0.3, 0.4) is 0 Å². The van der Waals surface area contributed by atoms with Crippen LogP contribution in [-0.4, -0.2) is 23.1 Å². The Labute approximate surface area is 125 Å². The van der Waals surface area contributed by atoms with Crippen LogP contribution in [0, 0.1) is 0 Å². The predicted molar refractivity (Wildman–Crippen MR) is 83.3 cm³/mol. The van der Waals surface area contributed by atoms with Crippen LogP contribution >= 0.6 is 11.6 Å². The summed E-state index contributed by atoms with van der Waals surface area (Å²) in [5, 5.41) is 1.33. The van der Waals surface area contributed by atoms with Gasteiger partial charge in [-0.05, 0) is 37.8 Å². The molecule has 1 aromatic heterocycles. The first-order valence-electron chi connectivity index (χ1n) is 7.41. The number of aromatic nitrogens is 1. The third kappa shape index (κ3) is 3.50. The van der Waals surface area contributed by atoms with Crippen LogP contribution in [0.15, 0.2) is 36.4 Å². The van der Waals surface area contributed by atoms with E-state index in [4.69, 9.17) is 16.3 Å². The van der Waals surface area contributed by atoms with Gasteiger partial charge in [0.15, 0.2) is 0 Å². The fourth-order valence-electron chi connectivity index (χ4n) is 2.79. The summed E-state index contributed by atoms with van der Waals surface area (Å²) in [4.78, 5) is 4.68. The summed E-state index contributed by atoms with van der Waals surface area (Å²) in [5.41, 5.74) is 2.13. The molecule has 1 fully saturated rings. The number of ether oxygens (including phenoxy) is 1. The topological polar surface area (TPSA) is 22.1 Å². The van der Waals surface area contributed by atoms with E-state index in [1.165, 1.54) is 18.2 Å². The molecule has 106 valence electrons. The van der Waals surface area contributed by atoms with Crippen molar-refractivity contribution in [3.63, 3.8) is 0 Å². The Kier molecular flexibility index (Phi) is 4.54. The van der Waals surface area contributed by atoms with E-state index < -0.39 is 0 Å². The zero-order chi connectivity index (χ0) is 13.8. The predicted octanol–water partition coefficient (Wildman–Crippen LogP) is 4.34. The fraction of sp³-hybridized carbons (Fsp3) is 0.471. The zero-order valence-electron chi connectivity index (χ0n) is 11.6. The molecule has 2 heterocycles. The summed E-state index contributed by atoms with van der Waals surface area (Å²) >= 11 is 6.45. The minimum absolute atomic E-state index is 0.146. The second-order valence-corrected chi connectivity index (χ2v) is 6.13. The Morgan fingerprint density at radius 2 is 2.15 bits per heavy atom. The van der Waals surface area contributed by atoms with Crippen molar-refractivity contribution in [3.05, 3.63) is 42.1 Å². The Hall–Kier alpha value is -1.12. The van der Waals surface area contributed by atoms with E-state index >= 15 is 0 Å². The lowest BCUT2D eigenvalue weighted by Crippen LogP contribution is -2.11. The van der Waals surface area contributed by atoms with Gasteiger partial charge < -0.3 is 4.74 Å². The molecule has 1 saturated heterocycles. The van der Waals surface area contributed by atoms with E-state index in [-0.39, 0.29) is 5.38 Å². The van der Waals surface area contributed by atoms with Gasteiger partial charge in [0.1, 0.15) is 0 Å². The van der Waals surface area contributed by atoms with Gasteiger partial charge in [0, 0.05) is 29.5 Å². The molecule has 0 bridgehead atoms. The lowest BCUT2D eigenvalue weighted by molar-refractivity contribution is 0.102. The van der Waals surface area contributed by atoms with Crippen LogP contribution in [0.2, 0.25) is 0 Å². The lowest BCUT2D eigenvalue weighted by Gasteiger charge is -2.13. The number of halogens is 1. The van der Waals surface area contributed by atoms with Gasteiger partial charge in [-0.25, -0.2) is 0 Å². The van der Waals surface area contributed by atoms with Gasteiger partial charge in [-0.1, -0.05) is 24.3 Å². The molecule has 2 unspecified atom stereocenters. The summed E-state index contributed by atoms with van der Waals surface area (Å²) in [6, 6.07) is 12.4. The molecular weight excluding hydrogens is 270 g/mol. The van der Waals surface area contributed by atoms with E-state index in [0.717, 1.165) is 37.1 Å². The quantitative estimate of drug-likeness (QED) is 0.764. The number of para-hydroxylation sites is 1. The van der Waals surface area contributed by atoms with Gasteiger partial charge in [0.25, 0.3) is 0 Å². The smallest absolute Gasteiger partial charge is 0.0705 e. The number of benzene rings is 1. The van der Waals surface area contributed by atoms with Crippen molar-refractivity contribution in [2.75, 3.05) is 6.61 Å². The highest BCUT2D eigenvalue weighted by atomic mass is 35.5. The standard InChI is InChI=1S/C17H20ClNO/c18-14(8-10-16-5-3-11-20-16)12-15-9-7-13-4-1-2-6-17(13)19-15/h1-2,4,6-7,9,14,16H,3,5,8,10-12H2. The highest BCUT2D eigenvalue weighted by Gasteiger charge is 2.17. The van der Waals surface area contributed by atoms with Crippen molar-refractivity contribution in [2.24, 2.45) is 0 Å². The summed E-state index contributed by atoms with van der Waals surface area (Å²) in [7, 11) is 0. The minimum Gasteiger partial charge on any atom is -0.378 e. The van der Waals surface area contributed by atoms with Gasteiger partial charge in [-0.15, -0.1) is 11.6 Å². The van der Waals surface area contributed by atoms with Gasteiger partial charge in [-0.2, -0.15) is 0 Å². The van der Waals surface area contributed by atoms with Crippen molar-refractivity contribution >= 4 is 22.5 Å². The first-order valence-corrected chi connectivity index (χ1v) is 7.85. The van der Waals surface area contributed by atoms with Crippen molar-refractivity contribution in [1.29, 1.82) is 0 Å². The van der Waals surface area contributed by atoms with Crippen LogP contribution < -0.4 is 0 Å². The summed E-state index contributed by atoms with van der Waals surface area (Å²) in [6.45, 7) is 0.920. The average molecular weight is 290 g/mol. The minimum atomic E-state index is 0.146. The third-order valence-electron chi connectivity index (χ3n) is 3.91. The molecule has 0 aliphatic carbocycles. The molecule has 3 rings (SSSR count). The second kappa shape index (κ2) is 6.55. The van der Waals surface area contributed by atoms with Crippen molar-refractivity contribution in [1.82, 2.24) is 4.98 Å². The number of pyridine rings is 1. The zero-order valence-corrected chi connectivity index (χ0v) is 12.4. The van der Waals surface area contributed by atoms with Crippen LogP contribution in [0.25, 0.3) is 10.9 Å². The fourth-order valence-corrected chi connectivity index (χ4v) is 3.07. The average Bonchev–Trinajstić information content (AvgIpc) is 2.98. The summed E-state index contributed by atoms with van der Waals surface area (Å²) in [5.74, 6) is 0. The number of alkyl halides is 1. The molecule has 0 amide bonds. The maximum absolute atomic E-state index is 6.45. The highest BCUT2D eigenvalue weighted by Crippen LogP contribution is 2.21. The van der Waals surface area contributed by atoms with Gasteiger partial charge >= 0.3 is 0 Å². The molecule has 0 radical (unpaired) electrons. The molecule has 0 saturated carbocycles. The van der Waals surface area contributed by atoms with Crippen LogP contribution in [0.5, 0.6) is 0 Å². The van der Waals surface area contributed by atoms with Crippen LogP contribution in [0.1, 0.15) is 31.4 Å². The first-order chi connectivity index (χ1) is 9.81. The monoisotopic (exact) mass is 289 g/mol. The summed E-state index contributed by atoms with van der Waals surface area (Å²) in [6.07, 6.45) is 5.73. The van der Waals surface area contributed by atoms with Crippen LogP contribution in [-0.2, 0) is 11.2 Å². The Morgan fingerprint density at radius 3 is 3.00 bits per heavy atom. The van der Waals surface area contributed by atoms with Gasteiger partial charge in [0.2, 0.25) is 0 Å². The maximum atomic E-state index is 6.45. The van der Waals surface area contributed by atoms with Gasteiger partial charge in [0.05, 0.1) is 11.6 Å². The molecule has 0 N–H and O–H groups in total. The molecule has 20 heavy (non-hydrogen) atoms. The molecule has 2 aromatic rings. The molecular formula is C17H20ClNO. The van der Waals surface area contributed by atoms with E-state index in [1.807, 2.05) is 12.1 Å². The Balaban J connectivity index is 1.57. The van der Waals surface area contributed by atoms with E-state index in [9.17, 15) is 0 Å². The largest absolute Gasteiger partial charge is 0.378 e. The van der Waals surface area contributed by atoms with E-state index in [1.54, 1.807) is 0 Å². The lowest BCUT2D eigenvalue weighted by atomic mass is 10.1.